The molecule has 0 aliphatic heterocycles. The zero-order valence-corrected chi connectivity index (χ0v) is 8.34. The van der Waals surface area contributed by atoms with E-state index in [4.69, 9.17) is 5.73 Å². The molecule has 16 heavy (non-hydrogen) atoms. The topological polar surface area (TPSA) is 51.8 Å². The Morgan fingerprint density at radius 2 is 1.88 bits per heavy atom. The smallest absolute Gasteiger partial charge is 0.368 e. The molecule has 1 aromatic heterocycles. The van der Waals surface area contributed by atoms with E-state index >= 15 is 0 Å². The van der Waals surface area contributed by atoms with Gasteiger partial charge in [0.15, 0.2) is 5.69 Å². The summed E-state index contributed by atoms with van der Waals surface area (Å²) < 4.78 is 38.1. The lowest BCUT2D eigenvalue weighted by molar-refractivity contribution is -0.139. The summed E-state index contributed by atoms with van der Waals surface area (Å²) >= 11 is 0. The Balaban J connectivity index is 2.85. The molecule has 0 saturated carbocycles. The van der Waals surface area contributed by atoms with E-state index in [1.807, 2.05) is 0 Å². The zero-order chi connectivity index (χ0) is 11.9. The lowest BCUT2D eigenvalue weighted by Gasteiger charge is -2.10. The van der Waals surface area contributed by atoms with Crippen LogP contribution < -0.4 is 5.73 Å². The summed E-state index contributed by atoms with van der Waals surface area (Å²) in [6.07, 6.45) is -4.52. The quantitative estimate of drug-likeness (QED) is 0.752. The Morgan fingerprint density at radius 1 is 1.19 bits per heavy atom. The molecular formula is C10H8F3N3. The normalized spacial score (nSPS) is 12.0. The van der Waals surface area contributed by atoms with E-state index in [-0.39, 0.29) is 16.9 Å². The maximum atomic E-state index is 12.7. The largest absolute Gasteiger partial charge is 0.434 e. The van der Waals surface area contributed by atoms with E-state index in [2.05, 4.69) is 9.97 Å². The van der Waals surface area contributed by atoms with E-state index in [0.29, 0.717) is 5.56 Å². The van der Waals surface area contributed by atoms with E-state index in [1.54, 1.807) is 13.0 Å². The Labute approximate surface area is 89.1 Å². The van der Waals surface area contributed by atoms with Crippen molar-refractivity contribution >= 4 is 16.9 Å². The van der Waals surface area contributed by atoms with Gasteiger partial charge in [-0.2, -0.15) is 13.2 Å². The van der Waals surface area contributed by atoms with Crippen LogP contribution >= 0.6 is 0 Å². The number of hydrogen-bond acceptors (Lipinski definition) is 3. The van der Waals surface area contributed by atoms with Gasteiger partial charge in [0, 0.05) is 5.39 Å². The molecule has 0 amide bonds. The molecule has 84 valence electrons. The van der Waals surface area contributed by atoms with Crippen molar-refractivity contribution < 1.29 is 13.2 Å². The van der Waals surface area contributed by atoms with Gasteiger partial charge in [-0.15, -0.1) is 0 Å². The summed E-state index contributed by atoms with van der Waals surface area (Å²) in [4.78, 5) is 7.01. The first-order chi connectivity index (χ1) is 7.38. The standard InChI is InChI=1S/C10H8F3N3/c1-5-2-3-7-6(4-5)8(10(11,12)13)16-9(14)15-7/h2-4H,1H3,(H2,14,15,16). The molecule has 0 atom stereocenters. The van der Waals surface area contributed by atoms with Crippen LogP contribution in [0.25, 0.3) is 10.9 Å². The minimum atomic E-state index is -4.52. The van der Waals surface area contributed by atoms with Crippen molar-refractivity contribution in [3.05, 3.63) is 29.5 Å². The lowest BCUT2D eigenvalue weighted by atomic mass is 10.1. The Hall–Kier alpha value is -1.85. The molecule has 1 heterocycles. The lowest BCUT2D eigenvalue weighted by Crippen LogP contribution is -2.11. The molecule has 6 heteroatoms. The molecule has 0 bridgehead atoms. The van der Waals surface area contributed by atoms with Gasteiger partial charge >= 0.3 is 6.18 Å². The monoisotopic (exact) mass is 227 g/mol. The van der Waals surface area contributed by atoms with Crippen molar-refractivity contribution in [2.45, 2.75) is 13.1 Å². The van der Waals surface area contributed by atoms with Crippen LogP contribution in [0.2, 0.25) is 0 Å². The summed E-state index contributed by atoms with van der Waals surface area (Å²) in [7, 11) is 0. The van der Waals surface area contributed by atoms with Gasteiger partial charge in [0.2, 0.25) is 5.95 Å². The second-order valence-corrected chi connectivity index (χ2v) is 3.45. The average Bonchev–Trinajstić information content (AvgIpc) is 2.16. The first-order valence-electron chi connectivity index (χ1n) is 4.49. The highest BCUT2D eigenvalue weighted by molar-refractivity contribution is 5.83. The van der Waals surface area contributed by atoms with Gasteiger partial charge in [-0.05, 0) is 19.1 Å². The molecule has 0 saturated heterocycles. The van der Waals surface area contributed by atoms with Crippen molar-refractivity contribution in [2.75, 3.05) is 5.73 Å². The predicted molar refractivity (Wildman–Crippen MR) is 53.7 cm³/mol. The SMILES string of the molecule is Cc1ccc2nc(N)nc(C(F)(F)F)c2c1. The maximum absolute atomic E-state index is 12.7. The Kier molecular flexibility index (Phi) is 2.22. The van der Waals surface area contributed by atoms with Crippen LogP contribution in [-0.2, 0) is 6.18 Å². The van der Waals surface area contributed by atoms with Gasteiger partial charge in [-0.25, -0.2) is 9.97 Å². The van der Waals surface area contributed by atoms with Crippen LogP contribution in [0.5, 0.6) is 0 Å². The molecule has 2 rings (SSSR count). The second kappa shape index (κ2) is 3.33. The zero-order valence-electron chi connectivity index (χ0n) is 8.34. The van der Waals surface area contributed by atoms with E-state index in [9.17, 15) is 13.2 Å². The van der Waals surface area contributed by atoms with Gasteiger partial charge in [0.1, 0.15) is 0 Å². The molecule has 0 spiro atoms. The molecule has 0 aliphatic carbocycles. The van der Waals surface area contributed by atoms with Crippen molar-refractivity contribution in [3.8, 4) is 0 Å². The third kappa shape index (κ3) is 1.78. The third-order valence-electron chi connectivity index (χ3n) is 2.14. The first kappa shape index (κ1) is 10.7. The van der Waals surface area contributed by atoms with Crippen LogP contribution in [0.1, 0.15) is 11.3 Å². The summed E-state index contributed by atoms with van der Waals surface area (Å²) in [5.74, 6) is -0.372. The Bertz CT molecular complexity index is 549. The fourth-order valence-corrected chi connectivity index (χ4v) is 1.48. The van der Waals surface area contributed by atoms with Crippen LogP contribution in [-0.4, -0.2) is 9.97 Å². The van der Waals surface area contributed by atoms with Gasteiger partial charge in [-0.1, -0.05) is 11.6 Å². The van der Waals surface area contributed by atoms with E-state index < -0.39 is 11.9 Å². The minimum Gasteiger partial charge on any atom is -0.368 e. The third-order valence-corrected chi connectivity index (χ3v) is 2.14. The number of anilines is 1. The number of nitrogen functional groups attached to an aromatic ring is 1. The number of rotatable bonds is 0. The summed E-state index contributed by atoms with van der Waals surface area (Å²) in [5, 5.41) is -0.0262. The summed E-state index contributed by atoms with van der Waals surface area (Å²) in [6.45, 7) is 1.70. The van der Waals surface area contributed by atoms with Crippen LogP contribution in [0.4, 0.5) is 19.1 Å². The number of hydrogen-bond donors (Lipinski definition) is 1. The second-order valence-electron chi connectivity index (χ2n) is 3.45. The maximum Gasteiger partial charge on any atom is 0.434 e. The number of halogens is 3. The highest BCUT2D eigenvalue weighted by atomic mass is 19.4. The number of alkyl halides is 3. The van der Waals surface area contributed by atoms with Crippen LogP contribution in [0.3, 0.4) is 0 Å². The fourth-order valence-electron chi connectivity index (χ4n) is 1.48. The van der Waals surface area contributed by atoms with Gasteiger partial charge in [0.25, 0.3) is 0 Å². The van der Waals surface area contributed by atoms with Crippen LogP contribution in [0, 0.1) is 6.92 Å². The number of aromatic nitrogens is 2. The predicted octanol–water partition coefficient (Wildman–Crippen LogP) is 2.54. The van der Waals surface area contributed by atoms with Crippen molar-refractivity contribution in [1.29, 1.82) is 0 Å². The van der Waals surface area contributed by atoms with Crippen molar-refractivity contribution in [3.63, 3.8) is 0 Å². The summed E-state index contributed by atoms with van der Waals surface area (Å²) in [5.41, 5.74) is 5.16. The fraction of sp³-hybridized carbons (Fsp3) is 0.200. The molecule has 0 fully saturated rings. The molecule has 1 aromatic carbocycles. The van der Waals surface area contributed by atoms with E-state index in [0.717, 1.165) is 0 Å². The van der Waals surface area contributed by atoms with Gasteiger partial charge in [-0.3, -0.25) is 0 Å². The number of fused-ring (bicyclic) bond motifs is 1. The molecule has 3 nitrogen and oxygen atoms in total. The van der Waals surface area contributed by atoms with Crippen molar-refractivity contribution in [2.24, 2.45) is 0 Å². The molecule has 2 N–H and O–H groups in total. The Morgan fingerprint density at radius 3 is 2.50 bits per heavy atom. The highest BCUT2D eigenvalue weighted by Gasteiger charge is 2.35. The molecule has 0 aliphatic rings. The van der Waals surface area contributed by atoms with E-state index in [1.165, 1.54) is 12.1 Å². The number of benzene rings is 1. The van der Waals surface area contributed by atoms with Gasteiger partial charge < -0.3 is 5.73 Å². The highest BCUT2D eigenvalue weighted by Crippen LogP contribution is 2.33. The van der Waals surface area contributed by atoms with Crippen LogP contribution in [0.15, 0.2) is 18.2 Å². The molecule has 0 unspecified atom stereocenters. The van der Waals surface area contributed by atoms with Gasteiger partial charge in [0.05, 0.1) is 5.52 Å². The number of aryl methyl sites for hydroxylation is 1. The first-order valence-corrected chi connectivity index (χ1v) is 4.49. The number of nitrogens with two attached hydrogens (primary N) is 1. The minimum absolute atomic E-state index is 0.0262. The summed E-state index contributed by atoms with van der Waals surface area (Å²) in [6, 6.07) is 4.57. The molecule has 2 aromatic rings. The van der Waals surface area contributed by atoms with Crippen molar-refractivity contribution in [1.82, 2.24) is 9.97 Å². The number of nitrogens with zero attached hydrogens (tertiary/aromatic N) is 2. The molecular weight excluding hydrogens is 219 g/mol. The molecule has 0 radical (unpaired) electrons. The average molecular weight is 227 g/mol.